The summed E-state index contributed by atoms with van der Waals surface area (Å²) < 4.78 is 70.8. The molecule has 3 heterocycles. The fourth-order valence-corrected chi connectivity index (χ4v) is 3.10. The number of esters is 1. The van der Waals surface area contributed by atoms with E-state index in [0.29, 0.717) is 19.7 Å². The zero-order valence-electron chi connectivity index (χ0n) is 19.6. The van der Waals surface area contributed by atoms with Gasteiger partial charge < -0.3 is 19.5 Å². The van der Waals surface area contributed by atoms with Crippen LogP contribution < -0.4 is 0 Å². The molecule has 37 heavy (non-hydrogen) atoms. The largest absolute Gasteiger partial charge is 0.490 e. The van der Waals surface area contributed by atoms with Gasteiger partial charge in [0.05, 0.1) is 30.0 Å². The Kier molecular flexibility index (Phi) is 11.5. The van der Waals surface area contributed by atoms with Crippen LogP contribution in [0.25, 0.3) is 0 Å². The number of aromatic nitrogens is 3. The molecule has 1 aliphatic rings. The van der Waals surface area contributed by atoms with Crippen molar-refractivity contribution in [2.45, 2.75) is 51.8 Å². The first kappa shape index (κ1) is 31.3. The number of carboxylic acid groups (broad SMARTS) is 2. The van der Waals surface area contributed by atoms with E-state index in [0.717, 1.165) is 30.2 Å². The number of pyridine rings is 1. The van der Waals surface area contributed by atoms with Crippen LogP contribution in [0.5, 0.6) is 0 Å². The van der Waals surface area contributed by atoms with Crippen LogP contribution in [0.1, 0.15) is 36.8 Å². The highest BCUT2D eigenvalue weighted by atomic mass is 19.4. The third-order valence-corrected chi connectivity index (χ3v) is 4.61. The highest BCUT2D eigenvalue weighted by molar-refractivity contribution is 5.78. The van der Waals surface area contributed by atoms with E-state index in [4.69, 9.17) is 24.5 Å². The molecule has 2 aromatic heterocycles. The van der Waals surface area contributed by atoms with Crippen LogP contribution in [0.4, 0.5) is 26.3 Å². The van der Waals surface area contributed by atoms with E-state index >= 15 is 0 Å². The number of fused-ring (bicyclic) bond motifs is 1. The predicted octanol–water partition coefficient (Wildman–Crippen LogP) is 3.23. The number of ether oxygens (including phenoxy) is 1. The molecule has 1 unspecified atom stereocenters. The normalized spacial score (nSPS) is 15.3. The van der Waals surface area contributed by atoms with Gasteiger partial charge in [-0.15, -0.1) is 0 Å². The first-order valence-electron chi connectivity index (χ1n) is 10.5. The molecule has 1 atom stereocenters. The molecule has 2 aromatic rings. The van der Waals surface area contributed by atoms with Gasteiger partial charge in [0.25, 0.3) is 0 Å². The van der Waals surface area contributed by atoms with Crippen molar-refractivity contribution in [1.29, 1.82) is 0 Å². The topological polar surface area (TPSA) is 135 Å². The average molecular weight is 542 g/mol. The molecule has 0 aromatic carbocycles. The van der Waals surface area contributed by atoms with Gasteiger partial charge in [-0.25, -0.2) is 14.6 Å². The standard InChI is InChI=1S/C17H22N4O2.2C2HF3O2/c1-3-21-12-19-15-11-20(9-13-7-5-6-8-18-13)10-14(16(15)21)17(22)23-4-2;2*3-2(4,5)1(6)7/h5-8,12,14H,3-4,9-11H2,1-2H3;2*(H,6,7). The number of nitrogens with zero attached hydrogens (tertiary/aromatic N) is 4. The van der Waals surface area contributed by atoms with Crippen LogP contribution in [0.3, 0.4) is 0 Å². The number of alkyl halides is 6. The van der Waals surface area contributed by atoms with E-state index in [-0.39, 0.29) is 11.9 Å². The number of hydrogen-bond acceptors (Lipinski definition) is 7. The van der Waals surface area contributed by atoms with Gasteiger partial charge in [0.15, 0.2) is 0 Å². The first-order valence-corrected chi connectivity index (χ1v) is 10.5. The van der Waals surface area contributed by atoms with Crippen LogP contribution in [-0.4, -0.2) is 73.1 Å². The Hall–Kier alpha value is -3.69. The second-order valence-electron chi connectivity index (χ2n) is 7.26. The third kappa shape index (κ3) is 10.1. The fraction of sp³-hybridized carbons (Fsp3) is 0.476. The molecule has 0 fully saturated rings. The van der Waals surface area contributed by atoms with Crippen LogP contribution in [0.15, 0.2) is 30.7 Å². The molecule has 0 saturated carbocycles. The summed E-state index contributed by atoms with van der Waals surface area (Å²) in [6.45, 7) is 7.16. The van der Waals surface area contributed by atoms with Crippen molar-refractivity contribution in [3.63, 3.8) is 0 Å². The quantitative estimate of drug-likeness (QED) is 0.431. The lowest BCUT2D eigenvalue weighted by Crippen LogP contribution is -2.38. The molecule has 10 nitrogen and oxygen atoms in total. The van der Waals surface area contributed by atoms with E-state index in [2.05, 4.69) is 26.4 Å². The van der Waals surface area contributed by atoms with E-state index in [1.165, 1.54) is 0 Å². The molecule has 0 saturated heterocycles. The Morgan fingerprint density at radius 3 is 2.03 bits per heavy atom. The van der Waals surface area contributed by atoms with Crippen molar-refractivity contribution in [3.8, 4) is 0 Å². The highest BCUT2D eigenvalue weighted by Crippen LogP contribution is 2.29. The summed E-state index contributed by atoms with van der Waals surface area (Å²) in [7, 11) is 0. The minimum absolute atomic E-state index is 0.172. The molecule has 0 radical (unpaired) electrons. The van der Waals surface area contributed by atoms with Gasteiger partial charge in [-0.2, -0.15) is 26.3 Å². The summed E-state index contributed by atoms with van der Waals surface area (Å²) in [4.78, 5) is 41.3. The van der Waals surface area contributed by atoms with Crippen molar-refractivity contribution in [1.82, 2.24) is 19.4 Å². The molecule has 206 valence electrons. The number of carbonyl (C=O) groups excluding carboxylic acids is 1. The predicted molar refractivity (Wildman–Crippen MR) is 113 cm³/mol. The van der Waals surface area contributed by atoms with Crippen molar-refractivity contribution in [3.05, 3.63) is 47.8 Å². The number of halogens is 6. The molecule has 0 amide bonds. The van der Waals surface area contributed by atoms with Crippen molar-refractivity contribution >= 4 is 17.9 Å². The summed E-state index contributed by atoms with van der Waals surface area (Å²) in [6, 6.07) is 5.88. The summed E-state index contributed by atoms with van der Waals surface area (Å²) in [6.07, 6.45) is -6.56. The van der Waals surface area contributed by atoms with Gasteiger partial charge in [0.2, 0.25) is 0 Å². The van der Waals surface area contributed by atoms with E-state index in [9.17, 15) is 31.1 Å². The minimum Gasteiger partial charge on any atom is -0.475 e. The van der Waals surface area contributed by atoms with Crippen LogP contribution in [0.2, 0.25) is 0 Å². The number of aliphatic carboxylic acids is 2. The number of rotatable bonds is 5. The Balaban J connectivity index is 0.000000404. The Morgan fingerprint density at radius 2 is 1.59 bits per heavy atom. The second kappa shape index (κ2) is 13.6. The molecule has 0 aliphatic carbocycles. The van der Waals surface area contributed by atoms with Gasteiger partial charge in [-0.1, -0.05) is 6.07 Å². The maximum absolute atomic E-state index is 12.4. The van der Waals surface area contributed by atoms with Gasteiger partial charge in [-0.05, 0) is 26.0 Å². The molecule has 3 rings (SSSR count). The Morgan fingerprint density at radius 1 is 1.03 bits per heavy atom. The molecule has 2 N–H and O–H groups in total. The highest BCUT2D eigenvalue weighted by Gasteiger charge is 2.39. The summed E-state index contributed by atoms with van der Waals surface area (Å²) >= 11 is 0. The minimum atomic E-state index is -5.08. The van der Waals surface area contributed by atoms with E-state index in [1.54, 1.807) is 6.20 Å². The molecule has 0 spiro atoms. The SMILES string of the molecule is CCOC(=O)C1CN(Cc2ccccn2)Cc2ncn(CC)c21.O=C(O)C(F)(F)F.O=C(O)C(F)(F)F. The van der Waals surface area contributed by atoms with Gasteiger partial charge in [0, 0.05) is 32.4 Å². The summed E-state index contributed by atoms with van der Waals surface area (Å²) in [5.74, 6) is -5.97. The third-order valence-electron chi connectivity index (χ3n) is 4.61. The number of imidazole rings is 1. The molecule has 0 bridgehead atoms. The number of carboxylic acids is 2. The maximum Gasteiger partial charge on any atom is 0.490 e. The number of hydrogen-bond donors (Lipinski definition) is 2. The number of aryl methyl sites for hydroxylation is 1. The second-order valence-corrected chi connectivity index (χ2v) is 7.26. The van der Waals surface area contributed by atoms with E-state index in [1.807, 2.05) is 31.5 Å². The Bertz CT molecular complexity index is 1020. The van der Waals surface area contributed by atoms with Crippen molar-refractivity contribution < 1.29 is 55.7 Å². The smallest absolute Gasteiger partial charge is 0.475 e. The van der Waals surface area contributed by atoms with Crippen molar-refractivity contribution in [2.24, 2.45) is 0 Å². The Labute approximate surface area is 206 Å². The fourth-order valence-electron chi connectivity index (χ4n) is 3.10. The zero-order valence-corrected chi connectivity index (χ0v) is 19.6. The van der Waals surface area contributed by atoms with Gasteiger partial charge in [0.1, 0.15) is 5.92 Å². The molecular weight excluding hydrogens is 518 g/mol. The monoisotopic (exact) mass is 542 g/mol. The lowest BCUT2D eigenvalue weighted by atomic mass is 9.98. The van der Waals surface area contributed by atoms with E-state index < -0.39 is 24.3 Å². The maximum atomic E-state index is 12.4. The van der Waals surface area contributed by atoms with Crippen LogP contribution in [-0.2, 0) is 38.8 Å². The molecule has 16 heteroatoms. The zero-order chi connectivity index (χ0) is 28.4. The molecular formula is C21H24F6N4O6. The average Bonchev–Trinajstić information content (AvgIpc) is 3.22. The lowest BCUT2D eigenvalue weighted by molar-refractivity contribution is -0.193. The van der Waals surface area contributed by atoms with Gasteiger partial charge in [-0.3, -0.25) is 14.7 Å². The first-order chi connectivity index (χ1) is 17.1. The lowest BCUT2D eigenvalue weighted by Gasteiger charge is -2.31. The summed E-state index contributed by atoms with van der Waals surface area (Å²) in [5.41, 5.74) is 2.96. The van der Waals surface area contributed by atoms with Crippen LogP contribution >= 0.6 is 0 Å². The summed E-state index contributed by atoms with van der Waals surface area (Å²) in [5, 5.41) is 14.2. The number of carbonyl (C=O) groups is 3. The van der Waals surface area contributed by atoms with Gasteiger partial charge >= 0.3 is 30.3 Å². The van der Waals surface area contributed by atoms with Crippen LogP contribution in [0, 0.1) is 0 Å². The molecule has 1 aliphatic heterocycles. The van der Waals surface area contributed by atoms with Crippen molar-refractivity contribution in [2.75, 3.05) is 13.2 Å².